The fourth-order valence-corrected chi connectivity index (χ4v) is 2.24. The molecule has 0 saturated heterocycles. The highest BCUT2D eigenvalue weighted by molar-refractivity contribution is 14.0. The van der Waals surface area contributed by atoms with Crippen LogP contribution in [0.1, 0.15) is 18.2 Å². The molecule has 2 N–H and O–H groups in total. The summed E-state index contributed by atoms with van der Waals surface area (Å²) in [5, 5.41) is 6.73. The number of halogens is 3. The molecule has 0 unspecified atom stereocenters. The van der Waals surface area contributed by atoms with Crippen LogP contribution < -0.4 is 10.6 Å². The third-order valence-electron chi connectivity index (χ3n) is 3.05. The Bertz CT molecular complexity index is 600. The summed E-state index contributed by atoms with van der Waals surface area (Å²) >= 11 is 6.01. The number of nitrogens with zero attached hydrogens (tertiary/aromatic N) is 1. The predicted octanol–water partition coefficient (Wildman–Crippen LogP) is 3.99. The molecule has 0 aliphatic rings. The average molecular weight is 452 g/mol. The van der Waals surface area contributed by atoms with Gasteiger partial charge < -0.3 is 15.1 Å². The first-order chi connectivity index (χ1) is 10.7. The first-order valence-electron chi connectivity index (χ1n) is 7.18. The molecule has 0 amide bonds. The molecule has 0 spiro atoms. The van der Waals surface area contributed by atoms with Crippen molar-refractivity contribution in [1.82, 2.24) is 10.6 Å². The maximum Gasteiger partial charge on any atom is 0.191 e. The van der Waals surface area contributed by atoms with Gasteiger partial charge in [0.25, 0.3) is 0 Å². The van der Waals surface area contributed by atoms with Gasteiger partial charge in [0.15, 0.2) is 5.96 Å². The maximum atomic E-state index is 13.7. The van der Waals surface area contributed by atoms with Crippen LogP contribution in [-0.4, -0.2) is 19.0 Å². The molecule has 2 rings (SSSR count). The highest BCUT2D eigenvalue weighted by Crippen LogP contribution is 2.18. The number of furan rings is 1. The summed E-state index contributed by atoms with van der Waals surface area (Å²) in [6.45, 7) is 3.70. The van der Waals surface area contributed by atoms with Crippen molar-refractivity contribution >= 4 is 41.5 Å². The topological polar surface area (TPSA) is 49.6 Å². The molecule has 7 heteroatoms. The van der Waals surface area contributed by atoms with Gasteiger partial charge in [-0.15, -0.1) is 24.0 Å². The second kappa shape index (κ2) is 10.5. The predicted molar refractivity (Wildman–Crippen MR) is 102 cm³/mol. The molecule has 2 aromatic rings. The van der Waals surface area contributed by atoms with Crippen molar-refractivity contribution in [1.29, 1.82) is 0 Å². The Morgan fingerprint density at radius 1 is 1.26 bits per heavy atom. The summed E-state index contributed by atoms with van der Waals surface area (Å²) in [5.74, 6) is 1.16. The molecule has 0 bridgehead atoms. The van der Waals surface area contributed by atoms with E-state index >= 15 is 0 Å². The molecular weight excluding hydrogens is 432 g/mol. The minimum absolute atomic E-state index is 0. The molecule has 23 heavy (non-hydrogen) atoms. The molecule has 126 valence electrons. The highest BCUT2D eigenvalue weighted by Gasteiger charge is 2.07. The molecular formula is C16H20ClFIN3O. The monoisotopic (exact) mass is 451 g/mol. The van der Waals surface area contributed by atoms with Crippen molar-refractivity contribution in [2.24, 2.45) is 4.99 Å². The zero-order valence-electron chi connectivity index (χ0n) is 12.8. The fourth-order valence-electron chi connectivity index (χ4n) is 1.98. The first kappa shape index (κ1) is 19.8. The van der Waals surface area contributed by atoms with Crippen molar-refractivity contribution in [2.75, 3.05) is 13.1 Å². The maximum absolute atomic E-state index is 13.7. The van der Waals surface area contributed by atoms with Gasteiger partial charge in [-0.3, -0.25) is 0 Å². The van der Waals surface area contributed by atoms with Crippen LogP contribution in [0.5, 0.6) is 0 Å². The minimum Gasteiger partial charge on any atom is -0.467 e. The standard InChI is InChI=1S/C16H19ClFN3O.HI/c1-2-19-16(21-11-12-5-4-10-22-12)20-9-8-13-14(17)6-3-7-15(13)18;/h3-7,10H,2,8-9,11H2,1H3,(H2,19,20,21);1H. The van der Waals surface area contributed by atoms with E-state index < -0.39 is 0 Å². The fraction of sp³-hybridized carbons (Fsp3) is 0.312. The SMILES string of the molecule is CCNC(=NCc1ccco1)NCCc1c(F)cccc1Cl.I. The number of aliphatic imine (C=N–C) groups is 1. The highest BCUT2D eigenvalue weighted by atomic mass is 127. The van der Waals surface area contributed by atoms with E-state index in [9.17, 15) is 4.39 Å². The summed E-state index contributed by atoms with van der Waals surface area (Å²) in [6, 6.07) is 8.40. The van der Waals surface area contributed by atoms with Gasteiger partial charge in [-0.2, -0.15) is 0 Å². The van der Waals surface area contributed by atoms with Gasteiger partial charge in [0.1, 0.15) is 18.1 Å². The molecule has 1 aromatic heterocycles. The van der Waals surface area contributed by atoms with Crippen molar-refractivity contribution in [3.8, 4) is 0 Å². The molecule has 4 nitrogen and oxygen atoms in total. The Kier molecular flexibility index (Phi) is 9.01. The third kappa shape index (κ3) is 6.39. The molecule has 1 heterocycles. The van der Waals surface area contributed by atoms with Gasteiger partial charge >= 0.3 is 0 Å². The largest absolute Gasteiger partial charge is 0.467 e. The second-order valence-electron chi connectivity index (χ2n) is 4.65. The van der Waals surface area contributed by atoms with Crippen LogP contribution in [0, 0.1) is 5.82 Å². The Morgan fingerprint density at radius 3 is 2.74 bits per heavy atom. The molecule has 0 aliphatic carbocycles. The van der Waals surface area contributed by atoms with Crippen LogP contribution >= 0.6 is 35.6 Å². The summed E-state index contributed by atoms with van der Waals surface area (Å²) < 4.78 is 18.9. The first-order valence-corrected chi connectivity index (χ1v) is 7.56. The smallest absolute Gasteiger partial charge is 0.191 e. The number of hydrogen-bond donors (Lipinski definition) is 2. The molecule has 0 radical (unpaired) electrons. The molecule has 0 aliphatic heterocycles. The summed E-state index contributed by atoms with van der Waals surface area (Å²) in [6.07, 6.45) is 2.10. The Morgan fingerprint density at radius 2 is 2.09 bits per heavy atom. The van der Waals surface area contributed by atoms with E-state index in [4.69, 9.17) is 16.0 Å². The zero-order valence-corrected chi connectivity index (χ0v) is 15.9. The van der Waals surface area contributed by atoms with Crippen LogP contribution in [0.25, 0.3) is 0 Å². The lowest BCUT2D eigenvalue weighted by atomic mass is 10.1. The Labute approximate surface area is 157 Å². The van der Waals surface area contributed by atoms with Crippen molar-refractivity contribution < 1.29 is 8.81 Å². The van der Waals surface area contributed by atoms with E-state index in [1.165, 1.54) is 6.07 Å². The van der Waals surface area contributed by atoms with E-state index in [1.54, 1.807) is 18.4 Å². The van der Waals surface area contributed by atoms with Crippen LogP contribution in [0.2, 0.25) is 5.02 Å². The van der Waals surface area contributed by atoms with E-state index in [0.717, 1.165) is 12.3 Å². The van der Waals surface area contributed by atoms with Gasteiger partial charge in [0, 0.05) is 23.7 Å². The van der Waals surface area contributed by atoms with Gasteiger partial charge in [-0.05, 0) is 37.6 Å². The summed E-state index contributed by atoms with van der Waals surface area (Å²) in [4.78, 5) is 4.41. The second-order valence-corrected chi connectivity index (χ2v) is 5.06. The van der Waals surface area contributed by atoms with Gasteiger partial charge in [-0.1, -0.05) is 17.7 Å². The number of benzene rings is 1. The van der Waals surface area contributed by atoms with Gasteiger partial charge in [-0.25, -0.2) is 9.38 Å². The average Bonchev–Trinajstić information content (AvgIpc) is 3.01. The van der Waals surface area contributed by atoms with Crippen molar-refractivity contribution in [3.63, 3.8) is 0 Å². The molecule has 0 saturated carbocycles. The Hall–Kier alpha value is -1.28. The van der Waals surface area contributed by atoms with E-state index in [2.05, 4.69) is 15.6 Å². The summed E-state index contributed by atoms with van der Waals surface area (Å²) in [7, 11) is 0. The normalized spacial score (nSPS) is 11.0. The van der Waals surface area contributed by atoms with Crippen molar-refractivity contribution in [3.05, 3.63) is 58.8 Å². The van der Waals surface area contributed by atoms with Crippen LogP contribution in [0.3, 0.4) is 0 Å². The number of rotatable bonds is 6. The lowest BCUT2D eigenvalue weighted by Crippen LogP contribution is -2.38. The third-order valence-corrected chi connectivity index (χ3v) is 3.40. The number of nitrogens with one attached hydrogen (secondary N) is 2. The molecule has 1 aromatic carbocycles. The number of hydrogen-bond acceptors (Lipinski definition) is 2. The van der Waals surface area contributed by atoms with Crippen LogP contribution in [-0.2, 0) is 13.0 Å². The van der Waals surface area contributed by atoms with Gasteiger partial charge in [0.05, 0.1) is 6.26 Å². The van der Waals surface area contributed by atoms with Crippen LogP contribution in [0.4, 0.5) is 4.39 Å². The quantitative estimate of drug-likeness (QED) is 0.397. The van der Waals surface area contributed by atoms with Crippen LogP contribution in [0.15, 0.2) is 46.0 Å². The number of guanidine groups is 1. The lowest BCUT2D eigenvalue weighted by molar-refractivity contribution is 0.512. The van der Waals surface area contributed by atoms with E-state index in [-0.39, 0.29) is 29.8 Å². The molecule has 0 atom stereocenters. The zero-order chi connectivity index (χ0) is 15.8. The van der Waals surface area contributed by atoms with Crippen molar-refractivity contribution in [2.45, 2.75) is 19.9 Å². The van der Waals surface area contributed by atoms with Gasteiger partial charge in [0.2, 0.25) is 0 Å². The molecule has 0 fully saturated rings. The van der Waals surface area contributed by atoms with E-state index in [1.807, 2.05) is 19.1 Å². The van der Waals surface area contributed by atoms with E-state index in [0.29, 0.717) is 36.1 Å². The summed E-state index contributed by atoms with van der Waals surface area (Å²) in [5.41, 5.74) is 0.513. The minimum atomic E-state index is -0.285. The lowest BCUT2D eigenvalue weighted by Gasteiger charge is -2.12. The Balaban J connectivity index is 0.00000264.